The molecule has 272 valence electrons. The van der Waals surface area contributed by atoms with E-state index in [0.29, 0.717) is 53.7 Å². The molecule has 0 saturated heterocycles. The van der Waals surface area contributed by atoms with E-state index in [1.54, 1.807) is 42.5 Å². The second kappa shape index (κ2) is 20.3. The van der Waals surface area contributed by atoms with Crippen LogP contribution in [0.15, 0.2) is 84.9 Å². The van der Waals surface area contributed by atoms with Crippen molar-refractivity contribution in [2.24, 2.45) is 0 Å². The molecule has 0 aliphatic heterocycles. The summed E-state index contributed by atoms with van der Waals surface area (Å²) in [6, 6.07) is 25.5. The second-order valence-corrected chi connectivity index (χ2v) is 14.4. The van der Waals surface area contributed by atoms with E-state index >= 15 is 0 Å². The van der Waals surface area contributed by atoms with E-state index in [9.17, 15) is 27.6 Å². The number of nitrogens with one attached hydrogen (secondary N) is 2. The maximum atomic E-state index is 13.5. The first kappa shape index (κ1) is 40.9. The van der Waals surface area contributed by atoms with Gasteiger partial charge in [-0.25, -0.2) is 0 Å². The van der Waals surface area contributed by atoms with Gasteiger partial charge >= 0.3 is 19.7 Å². The Morgan fingerprint density at radius 1 is 0.900 bits per heavy atom. The van der Waals surface area contributed by atoms with Gasteiger partial charge in [0.25, 0.3) is 0 Å². The summed E-state index contributed by atoms with van der Waals surface area (Å²) in [6.07, 6.45) is -0.864. The molecule has 0 radical (unpaired) electrons. The molecule has 0 aliphatic rings. The van der Waals surface area contributed by atoms with Gasteiger partial charge < -0.3 is 35.4 Å². The van der Waals surface area contributed by atoms with Crippen molar-refractivity contribution in [3.8, 4) is 16.9 Å². The molecule has 0 fully saturated rings. The topological polar surface area (TPSA) is 148 Å². The Morgan fingerprint density at radius 3 is 2.04 bits per heavy atom. The third-order valence-electron chi connectivity index (χ3n) is 7.41. The Balaban J connectivity index is 0.000000295. The van der Waals surface area contributed by atoms with Crippen LogP contribution in [0.4, 0.5) is 13.2 Å². The summed E-state index contributed by atoms with van der Waals surface area (Å²) in [5.41, 5.74) is 4.08. The van der Waals surface area contributed by atoms with Gasteiger partial charge in [0.15, 0.2) is 5.85 Å². The lowest BCUT2D eigenvalue weighted by Gasteiger charge is -2.12. The SMILES string of the molecule is CCCCc1ccc(CNCCC(O)P(=O)(O)O)cc1.O=C(O)CCNCc1ccc(OCc2cc(-c3ccccc3)c(C(F)(F)F)s2)cc1. The molecule has 0 spiro atoms. The van der Waals surface area contributed by atoms with E-state index in [4.69, 9.17) is 19.6 Å². The predicted octanol–water partition coefficient (Wildman–Crippen LogP) is 7.58. The first-order valence-corrected chi connectivity index (χ1v) is 18.7. The Morgan fingerprint density at radius 2 is 1.48 bits per heavy atom. The highest BCUT2D eigenvalue weighted by Gasteiger charge is 2.36. The number of carboxylic acids is 1. The Labute approximate surface area is 294 Å². The minimum atomic E-state index is -4.43. The molecule has 50 heavy (non-hydrogen) atoms. The number of ether oxygens (including phenoxy) is 1. The van der Waals surface area contributed by atoms with E-state index < -0.39 is 30.5 Å². The molecule has 4 rings (SSSR count). The predicted molar refractivity (Wildman–Crippen MR) is 189 cm³/mol. The van der Waals surface area contributed by atoms with Crippen LogP contribution in [0.3, 0.4) is 0 Å². The molecular formula is C36H44F3N2O7PS. The average molecular weight is 737 g/mol. The molecule has 0 amide bonds. The summed E-state index contributed by atoms with van der Waals surface area (Å²) in [5.74, 6) is -1.89. The van der Waals surface area contributed by atoms with Crippen molar-refractivity contribution >= 4 is 24.9 Å². The van der Waals surface area contributed by atoms with E-state index in [0.717, 1.165) is 17.5 Å². The van der Waals surface area contributed by atoms with Gasteiger partial charge in [-0.2, -0.15) is 13.2 Å². The molecule has 1 aromatic heterocycles. The Hall–Kier alpha value is -3.55. The maximum Gasteiger partial charge on any atom is 0.426 e. The third kappa shape index (κ3) is 14.7. The van der Waals surface area contributed by atoms with Crippen LogP contribution in [0.2, 0.25) is 0 Å². The Bertz CT molecular complexity index is 1630. The van der Waals surface area contributed by atoms with Crippen LogP contribution >= 0.6 is 18.9 Å². The zero-order valence-corrected chi connectivity index (χ0v) is 29.4. The molecule has 3 aromatic carbocycles. The fourth-order valence-corrected chi connectivity index (χ4v) is 6.10. The number of aliphatic hydroxyl groups is 1. The number of aliphatic carboxylic acids is 1. The van der Waals surface area contributed by atoms with Gasteiger partial charge in [-0.3, -0.25) is 9.36 Å². The number of thiophene rings is 1. The molecule has 9 nitrogen and oxygen atoms in total. The minimum Gasteiger partial charge on any atom is -0.488 e. The lowest BCUT2D eigenvalue weighted by molar-refractivity contribution is -0.137. The standard InChI is InChI=1S/C22H20F3NO3S.C14H24NO4P/c23-22(24,25)21-19(16-4-2-1-3-5-16)12-18(30-21)14-29-17-8-6-15(7-9-17)13-26-11-10-20(27)28;1-2-3-4-12-5-7-13(8-6-12)11-15-10-9-14(16)20(17,18)19/h1-9,12,26H,10-11,13-14H2,(H,27,28);5-8,14-16H,2-4,9-11H2,1H3,(H2,17,18,19). The van der Waals surface area contributed by atoms with Crippen molar-refractivity contribution in [2.75, 3.05) is 13.1 Å². The lowest BCUT2D eigenvalue weighted by Crippen LogP contribution is -2.20. The molecule has 1 atom stereocenters. The van der Waals surface area contributed by atoms with Crippen LogP contribution in [-0.2, 0) is 41.7 Å². The van der Waals surface area contributed by atoms with Crippen molar-refractivity contribution in [1.29, 1.82) is 0 Å². The normalized spacial score (nSPS) is 12.2. The molecule has 1 heterocycles. The van der Waals surface area contributed by atoms with Gasteiger partial charge in [-0.05, 0) is 66.3 Å². The zero-order valence-electron chi connectivity index (χ0n) is 27.7. The zero-order chi connectivity index (χ0) is 36.6. The monoisotopic (exact) mass is 736 g/mol. The number of rotatable bonds is 18. The Kier molecular flexibility index (Phi) is 16.6. The van der Waals surface area contributed by atoms with E-state index in [1.807, 2.05) is 12.1 Å². The molecule has 0 aliphatic carbocycles. The fourth-order valence-electron chi connectivity index (χ4n) is 4.68. The molecule has 6 N–H and O–H groups in total. The first-order valence-electron chi connectivity index (χ1n) is 16.2. The van der Waals surface area contributed by atoms with Crippen molar-refractivity contribution in [1.82, 2.24) is 10.6 Å². The van der Waals surface area contributed by atoms with Gasteiger partial charge in [-0.1, -0.05) is 80.1 Å². The minimum absolute atomic E-state index is 0.0385. The number of benzene rings is 3. The van der Waals surface area contributed by atoms with Crippen molar-refractivity contribution < 1.29 is 47.3 Å². The second-order valence-electron chi connectivity index (χ2n) is 11.5. The summed E-state index contributed by atoms with van der Waals surface area (Å²) < 4.78 is 56.8. The number of halogens is 3. The number of hydrogen-bond acceptors (Lipinski definition) is 7. The number of hydrogen-bond donors (Lipinski definition) is 6. The van der Waals surface area contributed by atoms with Crippen LogP contribution in [0, 0.1) is 0 Å². The highest BCUT2D eigenvalue weighted by atomic mass is 32.1. The molecule has 0 saturated carbocycles. The number of aryl methyl sites for hydroxylation is 1. The van der Waals surface area contributed by atoms with Crippen LogP contribution in [0.5, 0.6) is 5.75 Å². The number of carboxylic acid groups (broad SMARTS) is 1. The average Bonchev–Trinajstić information content (AvgIpc) is 3.53. The van der Waals surface area contributed by atoms with Crippen LogP contribution < -0.4 is 15.4 Å². The molecular weight excluding hydrogens is 692 g/mol. The fraction of sp³-hybridized carbons (Fsp3) is 0.361. The van der Waals surface area contributed by atoms with Gasteiger partial charge in [0.1, 0.15) is 17.2 Å². The molecule has 4 aromatic rings. The number of aliphatic hydroxyl groups excluding tert-OH is 1. The summed E-state index contributed by atoms with van der Waals surface area (Å²) in [7, 11) is -4.37. The lowest BCUT2D eigenvalue weighted by atomic mass is 10.1. The van der Waals surface area contributed by atoms with E-state index in [-0.39, 0.29) is 25.0 Å². The number of unbranched alkanes of at least 4 members (excludes halogenated alkanes) is 1. The van der Waals surface area contributed by atoms with Gasteiger partial charge in [0.05, 0.1) is 6.42 Å². The summed E-state index contributed by atoms with van der Waals surface area (Å²) in [6.45, 7) is 4.10. The highest BCUT2D eigenvalue weighted by molar-refractivity contribution is 7.52. The molecule has 0 bridgehead atoms. The molecule has 1 unspecified atom stereocenters. The largest absolute Gasteiger partial charge is 0.488 e. The van der Waals surface area contributed by atoms with Gasteiger partial charge in [-0.15, -0.1) is 11.3 Å². The van der Waals surface area contributed by atoms with Crippen molar-refractivity contribution in [2.45, 2.75) is 70.7 Å². The van der Waals surface area contributed by atoms with E-state index in [2.05, 4.69) is 41.8 Å². The summed E-state index contributed by atoms with van der Waals surface area (Å²) in [5, 5.41) is 23.9. The van der Waals surface area contributed by atoms with Crippen molar-refractivity contribution in [3.63, 3.8) is 0 Å². The smallest absolute Gasteiger partial charge is 0.426 e. The van der Waals surface area contributed by atoms with Crippen LogP contribution in [0.1, 0.15) is 59.1 Å². The van der Waals surface area contributed by atoms with Crippen LogP contribution in [-0.4, -0.2) is 44.9 Å². The van der Waals surface area contributed by atoms with Crippen LogP contribution in [0.25, 0.3) is 11.1 Å². The quantitative estimate of drug-likeness (QED) is 0.0449. The summed E-state index contributed by atoms with van der Waals surface area (Å²) in [4.78, 5) is 27.8. The summed E-state index contributed by atoms with van der Waals surface area (Å²) >= 11 is 0.692. The number of alkyl halides is 3. The van der Waals surface area contributed by atoms with Gasteiger partial charge in [0.2, 0.25) is 0 Å². The molecule has 14 heteroatoms. The highest BCUT2D eigenvalue weighted by Crippen LogP contribution is 2.43. The number of carbonyl (C=O) groups is 1. The van der Waals surface area contributed by atoms with Crippen molar-refractivity contribution in [3.05, 3.63) is 111 Å². The van der Waals surface area contributed by atoms with E-state index in [1.165, 1.54) is 24.5 Å². The third-order valence-corrected chi connectivity index (χ3v) is 9.60. The van der Waals surface area contributed by atoms with Gasteiger partial charge in [0, 0.05) is 30.1 Å². The first-order chi connectivity index (χ1) is 23.8. The maximum absolute atomic E-state index is 13.5.